The fraction of sp³-hybridized carbons (Fsp3) is 0.259. The Morgan fingerprint density at radius 3 is 2.59 bits per heavy atom. The number of H-pyrrole nitrogens is 1. The van der Waals surface area contributed by atoms with Crippen LogP contribution in [0.4, 0.5) is 0 Å². The summed E-state index contributed by atoms with van der Waals surface area (Å²) in [5, 5.41) is 23.7. The van der Waals surface area contributed by atoms with E-state index in [9.17, 15) is 9.90 Å². The van der Waals surface area contributed by atoms with Crippen molar-refractivity contribution in [3.63, 3.8) is 0 Å². The van der Waals surface area contributed by atoms with Crippen LogP contribution in [-0.4, -0.2) is 36.3 Å². The van der Waals surface area contributed by atoms with Crippen LogP contribution in [0.1, 0.15) is 55.6 Å². The lowest BCUT2D eigenvalue weighted by atomic mass is 9.92. The lowest BCUT2D eigenvalue weighted by Gasteiger charge is -2.29. The Kier molecular flexibility index (Phi) is 6.08. The Hall–Kier alpha value is -4.00. The Morgan fingerprint density at radius 1 is 1.09 bits per heavy atom. The van der Waals surface area contributed by atoms with Gasteiger partial charge in [0.15, 0.2) is 5.82 Å². The number of unbranched alkanes of at least 4 members (excludes halogenated alkanes) is 1. The van der Waals surface area contributed by atoms with E-state index in [2.05, 4.69) is 80.7 Å². The van der Waals surface area contributed by atoms with Gasteiger partial charge in [0, 0.05) is 17.0 Å². The molecule has 4 aromatic rings. The predicted molar refractivity (Wildman–Crippen MR) is 131 cm³/mol. The first-order chi connectivity index (χ1) is 16.7. The van der Waals surface area contributed by atoms with E-state index in [-0.39, 0.29) is 12.5 Å². The largest absolute Gasteiger partial charge is 0.481 e. The van der Waals surface area contributed by atoms with Gasteiger partial charge in [-0.3, -0.25) is 4.79 Å². The molecule has 2 aromatic heterocycles. The maximum absolute atomic E-state index is 11.4. The van der Waals surface area contributed by atoms with Crippen molar-refractivity contribution in [2.75, 3.05) is 0 Å². The number of carboxylic acids is 1. The normalized spacial score (nSPS) is 15.1. The van der Waals surface area contributed by atoms with Gasteiger partial charge in [-0.2, -0.15) is 0 Å². The minimum Gasteiger partial charge on any atom is -0.481 e. The number of nitrogens with one attached hydrogen (secondary N) is 1. The number of hydrogen-bond acceptors (Lipinski definition) is 4. The van der Waals surface area contributed by atoms with Gasteiger partial charge in [0.2, 0.25) is 0 Å². The molecular weight excluding hydrogens is 426 g/mol. The molecule has 7 nitrogen and oxygen atoms in total. The highest BCUT2D eigenvalue weighted by atomic mass is 16.4. The molecule has 0 radical (unpaired) electrons. The lowest BCUT2D eigenvalue weighted by molar-refractivity contribution is -0.135. The van der Waals surface area contributed by atoms with Gasteiger partial charge < -0.3 is 9.67 Å². The Bertz CT molecular complexity index is 1320. The minimum atomic E-state index is -0.794. The van der Waals surface area contributed by atoms with Crippen molar-refractivity contribution in [3.05, 3.63) is 83.7 Å². The van der Waals surface area contributed by atoms with Crippen molar-refractivity contribution < 1.29 is 9.90 Å². The maximum atomic E-state index is 11.4. The van der Waals surface area contributed by atoms with Gasteiger partial charge in [0.05, 0.1) is 12.5 Å². The first-order valence-electron chi connectivity index (χ1n) is 11.7. The molecule has 1 atom stereocenters. The predicted octanol–water partition coefficient (Wildman–Crippen LogP) is 5.53. The van der Waals surface area contributed by atoms with Gasteiger partial charge in [0.25, 0.3) is 0 Å². The molecule has 0 aliphatic carbocycles. The number of aryl methyl sites for hydroxylation is 1. The standard InChI is InChI=1S/C27H27N5O2/c1-2-3-6-21-14-16-25-20(17-26(33)34)13-15-24(32(21)25)19-11-9-18(10-12-19)22-7-4-5-8-23(22)27-28-30-31-29-27/h4-5,7-14,16,24H,2-3,6,15,17H2,1H3,(H,33,34)(H,28,29,30,31). The van der Waals surface area contributed by atoms with Crippen LogP contribution in [0, 0.1) is 0 Å². The molecule has 5 rings (SSSR count). The number of benzene rings is 2. The highest BCUT2D eigenvalue weighted by Crippen LogP contribution is 2.38. The Labute approximate surface area is 198 Å². The Morgan fingerprint density at radius 2 is 1.88 bits per heavy atom. The molecule has 34 heavy (non-hydrogen) atoms. The second kappa shape index (κ2) is 9.47. The van der Waals surface area contributed by atoms with Crippen LogP contribution >= 0.6 is 0 Å². The molecule has 1 aliphatic heterocycles. The molecule has 0 saturated carbocycles. The van der Waals surface area contributed by atoms with Crippen molar-refractivity contribution >= 4 is 11.5 Å². The number of rotatable bonds is 8. The van der Waals surface area contributed by atoms with E-state index in [4.69, 9.17) is 0 Å². The minimum absolute atomic E-state index is 0.0518. The molecule has 1 unspecified atom stereocenters. The number of aliphatic carboxylic acids is 1. The van der Waals surface area contributed by atoms with Gasteiger partial charge in [-0.25, -0.2) is 5.10 Å². The molecular formula is C27H27N5O2. The summed E-state index contributed by atoms with van der Waals surface area (Å²) in [6.07, 6.45) is 6.15. The third-order valence-corrected chi connectivity index (χ3v) is 6.49. The summed E-state index contributed by atoms with van der Waals surface area (Å²) in [6, 6.07) is 21.1. The zero-order valence-electron chi connectivity index (χ0n) is 19.1. The molecule has 0 spiro atoms. The highest BCUT2D eigenvalue weighted by molar-refractivity contribution is 5.84. The molecule has 3 heterocycles. The van der Waals surface area contributed by atoms with Crippen LogP contribution in [0.25, 0.3) is 28.1 Å². The molecule has 7 heteroatoms. The van der Waals surface area contributed by atoms with E-state index in [1.54, 1.807) is 0 Å². The summed E-state index contributed by atoms with van der Waals surface area (Å²) < 4.78 is 2.36. The first kappa shape index (κ1) is 21.8. The fourth-order valence-corrected chi connectivity index (χ4v) is 4.86. The van der Waals surface area contributed by atoms with Crippen LogP contribution in [0.3, 0.4) is 0 Å². The molecule has 0 amide bonds. The van der Waals surface area contributed by atoms with Crippen LogP contribution in [0.15, 0.2) is 66.7 Å². The van der Waals surface area contributed by atoms with E-state index in [1.807, 2.05) is 18.2 Å². The first-order valence-corrected chi connectivity index (χ1v) is 11.7. The molecule has 2 N–H and O–H groups in total. The zero-order valence-corrected chi connectivity index (χ0v) is 19.1. The van der Waals surface area contributed by atoms with Crippen LogP contribution < -0.4 is 0 Å². The van der Waals surface area contributed by atoms with E-state index in [0.29, 0.717) is 5.82 Å². The van der Waals surface area contributed by atoms with Gasteiger partial charge in [0.1, 0.15) is 0 Å². The third-order valence-electron chi connectivity index (χ3n) is 6.49. The average molecular weight is 454 g/mol. The van der Waals surface area contributed by atoms with Crippen molar-refractivity contribution in [2.45, 2.75) is 45.1 Å². The number of hydrogen-bond donors (Lipinski definition) is 2. The number of aromatic amines is 1. The number of nitrogens with zero attached hydrogens (tertiary/aromatic N) is 4. The van der Waals surface area contributed by atoms with Crippen LogP contribution in [0.5, 0.6) is 0 Å². The van der Waals surface area contributed by atoms with E-state index < -0.39 is 5.97 Å². The van der Waals surface area contributed by atoms with Gasteiger partial charge in [-0.05, 0) is 64.1 Å². The topological polar surface area (TPSA) is 96.7 Å². The molecule has 0 saturated heterocycles. The number of fused-ring (bicyclic) bond motifs is 1. The quantitative estimate of drug-likeness (QED) is 0.366. The number of tetrazole rings is 1. The van der Waals surface area contributed by atoms with Crippen LogP contribution in [0.2, 0.25) is 0 Å². The van der Waals surface area contributed by atoms with E-state index in [0.717, 1.165) is 53.6 Å². The molecule has 172 valence electrons. The van der Waals surface area contributed by atoms with Gasteiger partial charge >= 0.3 is 5.97 Å². The van der Waals surface area contributed by atoms with Crippen LogP contribution in [-0.2, 0) is 11.2 Å². The second-order valence-corrected chi connectivity index (χ2v) is 8.65. The SMILES string of the molecule is CCCCc1ccc2n1C(c1ccc(-c3ccccc3-c3nnn[nH]3)cc1)CC=C2CC(=O)O. The maximum Gasteiger partial charge on any atom is 0.307 e. The molecule has 0 fully saturated rings. The number of carbonyl (C=O) groups is 1. The van der Waals surface area contributed by atoms with Gasteiger partial charge in [-0.15, -0.1) is 5.10 Å². The van der Waals surface area contributed by atoms with Crippen molar-refractivity contribution in [2.24, 2.45) is 0 Å². The molecule has 2 aromatic carbocycles. The molecule has 1 aliphatic rings. The number of allylic oxidation sites excluding steroid dienone is 1. The molecule has 0 bridgehead atoms. The van der Waals surface area contributed by atoms with Crippen molar-refractivity contribution in [3.8, 4) is 22.5 Å². The van der Waals surface area contributed by atoms with E-state index in [1.165, 1.54) is 11.3 Å². The summed E-state index contributed by atoms with van der Waals surface area (Å²) in [4.78, 5) is 11.4. The summed E-state index contributed by atoms with van der Waals surface area (Å²) in [5.74, 6) is -0.155. The smallest absolute Gasteiger partial charge is 0.307 e. The number of aromatic nitrogens is 5. The summed E-state index contributed by atoms with van der Waals surface area (Å²) in [5.41, 5.74) is 7.51. The number of carboxylic acid groups (broad SMARTS) is 1. The summed E-state index contributed by atoms with van der Waals surface area (Å²) in [7, 11) is 0. The van der Waals surface area contributed by atoms with Gasteiger partial charge in [-0.1, -0.05) is 68.0 Å². The monoisotopic (exact) mass is 453 g/mol. The summed E-state index contributed by atoms with van der Waals surface area (Å²) >= 11 is 0. The zero-order chi connectivity index (χ0) is 23.5. The van der Waals surface area contributed by atoms with Crippen molar-refractivity contribution in [1.29, 1.82) is 0 Å². The summed E-state index contributed by atoms with van der Waals surface area (Å²) in [6.45, 7) is 2.19. The van der Waals surface area contributed by atoms with E-state index >= 15 is 0 Å². The second-order valence-electron chi connectivity index (χ2n) is 8.65. The average Bonchev–Trinajstić information content (AvgIpc) is 3.54. The third kappa shape index (κ3) is 4.17. The lowest BCUT2D eigenvalue weighted by Crippen LogP contribution is -2.19. The van der Waals surface area contributed by atoms with Crippen molar-refractivity contribution in [1.82, 2.24) is 25.2 Å². The highest BCUT2D eigenvalue weighted by Gasteiger charge is 2.25. The Balaban J connectivity index is 1.50. The fourth-order valence-electron chi connectivity index (χ4n) is 4.86.